The van der Waals surface area contributed by atoms with Crippen LogP contribution in [0.5, 0.6) is 0 Å². The molecule has 0 spiro atoms. The highest BCUT2D eigenvalue weighted by atomic mass is 14.3. The summed E-state index contributed by atoms with van der Waals surface area (Å²) in [7, 11) is 0. The third-order valence-corrected chi connectivity index (χ3v) is 4.89. The van der Waals surface area contributed by atoms with Crippen LogP contribution in [0.15, 0.2) is 47.1 Å². The second-order valence-electron chi connectivity index (χ2n) is 7.76. The first kappa shape index (κ1) is 15.1. The third-order valence-electron chi connectivity index (χ3n) is 4.89. The highest BCUT2D eigenvalue weighted by Gasteiger charge is 2.24. The monoisotopic (exact) mass is 290 g/mol. The second kappa shape index (κ2) is 5.12. The zero-order valence-electron chi connectivity index (χ0n) is 14.7. The van der Waals surface area contributed by atoms with Crippen molar-refractivity contribution < 1.29 is 0 Å². The van der Waals surface area contributed by atoms with Gasteiger partial charge in [0.2, 0.25) is 0 Å². The first-order valence-corrected chi connectivity index (χ1v) is 8.19. The van der Waals surface area contributed by atoms with Crippen molar-refractivity contribution in [1.82, 2.24) is 0 Å². The molecule has 1 aromatic rings. The molecule has 22 heavy (non-hydrogen) atoms. The molecule has 0 radical (unpaired) electrons. The summed E-state index contributed by atoms with van der Waals surface area (Å²) in [5.41, 5.74) is 8.89. The van der Waals surface area contributed by atoms with Crippen LogP contribution in [0.25, 0.3) is 17.2 Å². The Kier molecular flexibility index (Phi) is 3.51. The lowest BCUT2D eigenvalue weighted by molar-refractivity contribution is 0.495. The molecule has 3 rings (SSSR count). The van der Waals surface area contributed by atoms with Gasteiger partial charge in [-0.05, 0) is 71.4 Å². The van der Waals surface area contributed by atoms with Gasteiger partial charge in [0.15, 0.2) is 0 Å². The summed E-state index contributed by atoms with van der Waals surface area (Å²) in [6.45, 7) is 13.6. The number of hydrogen-bond acceptors (Lipinski definition) is 0. The maximum absolute atomic E-state index is 2.38. The van der Waals surface area contributed by atoms with E-state index < -0.39 is 0 Å². The fourth-order valence-corrected chi connectivity index (χ4v) is 3.48. The van der Waals surface area contributed by atoms with Crippen molar-refractivity contribution in [3.8, 4) is 0 Å². The van der Waals surface area contributed by atoms with E-state index in [1.807, 2.05) is 0 Å². The Hall–Kier alpha value is -1.82. The van der Waals surface area contributed by atoms with Crippen molar-refractivity contribution >= 4 is 17.2 Å². The summed E-state index contributed by atoms with van der Waals surface area (Å²) in [5.74, 6) is 0. The number of hydrogen-bond donors (Lipinski definition) is 0. The van der Waals surface area contributed by atoms with E-state index >= 15 is 0 Å². The Labute approximate surface area is 134 Å². The summed E-state index contributed by atoms with van der Waals surface area (Å²) >= 11 is 0. The molecule has 0 N–H and O–H groups in total. The number of allylic oxidation sites excluding steroid dienone is 5. The summed E-state index contributed by atoms with van der Waals surface area (Å²) in [5, 5.41) is 2.83. The van der Waals surface area contributed by atoms with Crippen molar-refractivity contribution in [2.24, 2.45) is 5.41 Å². The van der Waals surface area contributed by atoms with Gasteiger partial charge in [0.25, 0.3) is 0 Å². The van der Waals surface area contributed by atoms with Crippen molar-refractivity contribution in [2.45, 2.75) is 48.0 Å². The molecule has 0 fully saturated rings. The van der Waals surface area contributed by atoms with E-state index in [0.29, 0.717) is 0 Å². The molecule has 0 bridgehead atoms. The van der Waals surface area contributed by atoms with Gasteiger partial charge in [-0.25, -0.2) is 0 Å². The zero-order chi connectivity index (χ0) is 16.1. The molecule has 0 aliphatic heterocycles. The van der Waals surface area contributed by atoms with Crippen molar-refractivity contribution in [3.63, 3.8) is 0 Å². The Morgan fingerprint density at radius 2 is 1.77 bits per heavy atom. The molecule has 0 unspecified atom stereocenters. The van der Waals surface area contributed by atoms with Crippen LogP contribution in [0.2, 0.25) is 0 Å². The average molecular weight is 290 g/mol. The molecule has 0 saturated carbocycles. The van der Waals surface area contributed by atoms with Crippen LogP contribution >= 0.6 is 0 Å². The first-order valence-electron chi connectivity index (χ1n) is 8.19. The first-order chi connectivity index (χ1) is 10.3. The molecule has 0 atom stereocenters. The van der Waals surface area contributed by atoms with Gasteiger partial charge in [0.05, 0.1) is 0 Å². The second-order valence-corrected chi connectivity index (χ2v) is 7.76. The minimum Gasteiger partial charge on any atom is -0.0686 e. The molecule has 114 valence electrons. The van der Waals surface area contributed by atoms with E-state index in [2.05, 4.69) is 78.0 Å². The summed E-state index contributed by atoms with van der Waals surface area (Å²) in [6, 6.07) is 6.66. The van der Waals surface area contributed by atoms with Gasteiger partial charge in [0.1, 0.15) is 0 Å². The van der Waals surface area contributed by atoms with E-state index in [-0.39, 0.29) is 5.41 Å². The zero-order valence-corrected chi connectivity index (χ0v) is 14.7. The molecular formula is C22H26. The summed E-state index contributed by atoms with van der Waals surface area (Å²) < 4.78 is 0. The van der Waals surface area contributed by atoms with Gasteiger partial charge in [-0.1, -0.05) is 62.3 Å². The van der Waals surface area contributed by atoms with Crippen LogP contribution < -0.4 is 10.4 Å². The SMILES string of the molecule is CC(C)=c1cccc2c1=C(C)C(C1=CC=C(C(C)(C)C)C1)=C2. The quantitative estimate of drug-likeness (QED) is 0.700. The fourth-order valence-electron chi connectivity index (χ4n) is 3.48. The predicted molar refractivity (Wildman–Crippen MR) is 97.7 cm³/mol. The maximum atomic E-state index is 2.38. The van der Waals surface area contributed by atoms with E-state index in [1.54, 1.807) is 0 Å². The Morgan fingerprint density at radius 3 is 2.36 bits per heavy atom. The molecule has 0 heteroatoms. The minimum atomic E-state index is 0.261. The van der Waals surface area contributed by atoms with Crippen LogP contribution in [0, 0.1) is 5.41 Å². The standard InChI is InChI=1S/C22H26/c1-14(2)19-9-7-8-17-13-20(15(3)21(17)19)16-10-11-18(12-16)22(4,5)6/h7-11,13H,12H2,1-6H3. The molecule has 2 aliphatic rings. The Bertz CT molecular complexity index is 842. The molecule has 1 aromatic carbocycles. The largest absolute Gasteiger partial charge is 0.0686 e. The molecular weight excluding hydrogens is 264 g/mol. The van der Waals surface area contributed by atoms with Gasteiger partial charge in [-0.3, -0.25) is 0 Å². The molecule has 2 aliphatic carbocycles. The van der Waals surface area contributed by atoms with Gasteiger partial charge in [0, 0.05) is 0 Å². The maximum Gasteiger partial charge on any atom is -0.00527 e. The lowest BCUT2D eigenvalue weighted by Gasteiger charge is -2.21. The van der Waals surface area contributed by atoms with Crippen LogP contribution in [0.4, 0.5) is 0 Å². The number of rotatable bonds is 1. The topological polar surface area (TPSA) is 0 Å². The van der Waals surface area contributed by atoms with Gasteiger partial charge >= 0.3 is 0 Å². The van der Waals surface area contributed by atoms with Crippen molar-refractivity contribution in [1.29, 1.82) is 0 Å². The number of benzene rings is 1. The van der Waals surface area contributed by atoms with Crippen LogP contribution in [0.1, 0.15) is 53.5 Å². The molecule has 0 nitrogen and oxygen atoms in total. The fraction of sp³-hybridized carbons (Fsp3) is 0.364. The number of fused-ring (bicyclic) bond motifs is 1. The van der Waals surface area contributed by atoms with E-state index in [0.717, 1.165) is 6.42 Å². The van der Waals surface area contributed by atoms with Crippen LogP contribution in [0.3, 0.4) is 0 Å². The van der Waals surface area contributed by atoms with Gasteiger partial charge < -0.3 is 0 Å². The molecule has 0 amide bonds. The lowest BCUT2D eigenvalue weighted by atomic mass is 9.84. The van der Waals surface area contributed by atoms with Crippen LogP contribution in [-0.4, -0.2) is 0 Å². The molecule has 0 aromatic heterocycles. The summed E-state index contributed by atoms with van der Waals surface area (Å²) in [4.78, 5) is 0. The lowest BCUT2D eigenvalue weighted by Crippen LogP contribution is -2.28. The van der Waals surface area contributed by atoms with Crippen molar-refractivity contribution in [2.75, 3.05) is 0 Å². The highest BCUT2D eigenvalue weighted by Crippen LogP contribution is 2.39. The summed E-state index contributed by atoms with van der Waals surface area (Å²) in [6.07, 6.45) is 8.11. The Balaban J connectivity index is 2.05. The normalized spacial score (nSPS) is 17.2. The highest BCUT2D eigenvalue weighted by molar-refractivity contribution is 5.86. The van der Waals surface area contributed by atoms with E-state index in [1.165, 1.54) is 43.9 Å². The van der Waals surface area contributed by atoms with Gasteiger partial charge in [-0.2, -0.15) is 0 Å². The molecule has 0 saturated heterocycles. The Morgan fingerprint density at radius 1 is 1.05 bits per heavy atom. The molecule has 0 heterocycles. The third kappa shape index (κ3) is 2.41. The van der Waals surface area contributed by atoms with Crippen LogP contribution in [-0.2, 0) is 0 Å². The minimum absolute atomic E-state index is 0.261. The van der Waals surface area contributed by atoms with Gasteiger partial charge in [-0.15, -0.1) is 0 Å². The van der Waals surface area contributed by atoms with Crippen molar-refractivity contribution in [3.05, 3.63) is 63.1 Å². The van der Waals surface area contributed by atoms with E-state index in [9.17, 15) is 0 Å². The predicted octanol–water partition coefficient (Wildman–Crippen LogP) is 4.75. The van der Waals surface area contributed by atoms with E-state index in [4.69, 9.17) is 0 Å². The smallest absolute Gasteiger partial charge is 0.00527 e. The average Bonchev–Trinajstić information content (AvgIpc) is 3.03.